The topological polar surface area (TPSA) is 72.5 Å². The Morgan fingerprint density at radius 2 is 2.06 bits per heavy atom. The van der Waals surface area contributed by atoms with Gasteiger partial charge in [-0.05, 0) is 25.3 Å². The van der Waals surface area contributed by atoms with Gasteiger partial charge >= 0.3 is 5.97 Å². The zero-order valence-corrected chi connectivity index (χ0v) is 11.6. The SMILES string of the molecule is CNC1C(S(=O)(=O)CC(=O)OC)CCC1(C)C. The van der Waals surface area contributed by atoms with Crippen molar-refractivity contribution in [2.24, 2.45) is 5.41 Å². The first-order valence-corrected chi connectivity index (χ1v) is 7.42. The molecule has 0 saturated heterocycles. The highest BCUT2D eigenvalue weighted by Gasteiger charge is 2.47. The molecule has 1 N–H and O–H groups in total. The molecule has 1 aliphatic rings. The molecule has 1 saturated carbocycles. The van der Waals surface area contributed by atoms with Crippen molar-refractivity contribution in [3.05, 3.63) is 0 Å². The summed E-state index contributed by atoms with van der Waals surface area (Å²) in [6.45, 7) is 4.09. The number of hydrogen-bond acceptors (Lipinski definition) is 5. The monoisotopic (exact) mass is 263 g/mol. The maximum absolute atomic E-state index is 12.1. The van der Waals surface area contributed by atoms with Crippen LogP contribution in [-0.4, -0.2) is 45.6 Å². The van der Waals surface area contributed by atoms with Gasteiger partial charge in [0.1, 0.15) is 5.75 Å². The van der Waals surface area contributed by atoms with E-state index >= 15 is 0 Å². The molecule has 6 heteroatoms. The minimum atomic E-state index is -3.44. The van der Waals surface area contributed by atoms with E-state index < -0.39 is 26.8 Å². The van der Waals surface area contributed by atoms with E-state index in [1.807, 2.05) is 13.8 Å². The summed E-state index contributed by atoms with van der Waals surface area (Å²) in [7, 11) is -0.478. The lowest BCUT2D eigenvalue weighted by Gasteiger charge is -2.29. The lowest BCUT2D eigenvalue weighted by atomic mass is 9.87. The average Bonchev–Trinajstić information content (AvgIpc) is 2.53. The van der Waals surface area contributed by atoms with Gasteiger partial charge in [0, 0.05) is 6.04 Å². The van der Waals surface area contributed by atoms with Gasteiger partial charge in [-0.2, -0.15) is 0 Å². The standard InChI is InChI=1S/C11H21NO4S/c1-11(2)6-5-8(10(11)12-3)17(14,15)7-9(13)16-4/h8,10,12H,5-7H2,1-4H3. The third-order valence-corrected chi connectivity index (χ3v) is 5.67. The van der Waals surface area contributed by atoms with Crippen LogP contribution in [0.2, 0.25) is 0 Å². The zero-order valence-electron chi connectivity index (χ0n) is 10.8. The molecule has 1 aliphatic carbocycles. The molecule has 0 heterocycles. The molecule has 100 valence electrons. The summed E-state index contributed by atoms with van der Waals surface area (Å²) < 4.78 is 28.7. The van der Waals surface area contributed by atoms with E-state index in [-0.39, 0.29) is 11.5 Å². The Morgan fingerprint density at radius 3 is 2.53 bits per heavy atom. The lowest BCUT2D eigenvalue weighted by Crippen LogP contribution is -2.47. The molecule has 1 fully saturated rings. The molecule has 0 aromatic rings. The molecule has 17 heavy (non-hydrogen) atoms. The van der Waals surface area contributed by atoms with Gasteiger partial charge in [-0.15, -0.1) is 0 Å². The molecule has 5 nitrogen and oxygen atoms in total. The second-order valence-corrected chi connectivity index (χ2v) is 7.44. The number of hydrogen-bond donors (Lipinski definition) is 1. The third kappa shape index (κ3) is 2.98. The number of carbonyl (C=O) groups excluding carboxylic acids is 1. The predicted molar refractivity (Wildman–Crippen MR) is 65.5 cm³/mol. The van der Waals surface area contributed by atoms with Gasteiger partial charge < -0.3 is 10.1 Å². The smallest absolute Gasteiger partial charge is 0.320 e. The van der Waals surface area contributed by atoms with E-state index in [0.29, 0.717) is 6.42 Å². The van der Waals surface area contributed by atoms with E-state index in [1.165, 1.54) is 7.11 Å². The van der Waals surface area contributed by atoms with Gasteiger partial charge in [0.15, 0.2) is 9.84 Å². The van der Waals surface area contributed by atoms with Crippen LogP contribution in [0.3, 0.4) is 0 Å². The number of esters is 1. The van der Waals surface area contributed by atoms with Crippen molar-refractivity contribution in [1.29, 1.82) is 0 Å². The molecule has 0 amide bonds. The van der Waals surface area contributed by atoms with E-state index in [2.05, 4.69) is 10.1 Å². The minimum absolute atomic E-state index is 0.0669. The van der Waals surface area contributed by atoms with Crippen molar-refractivity contribution < 1.29 is 17.9 Å². The summed E-state index contributed by atoms with van der Waals surface area (Å²) in [5.41, 5.74) is -0.0669. The highest BCUT2D eigenvalue weighted by molar-refractivity contribution is 7.92. The first-order valence-electron chi connectivity index (χ1n) is 5.70. The van der Waals surface area contributed by atoms with Crippen molar-refractivity contribution >= 4 is 15.8 Å². The molecule has 0 radical (unpaired) electrons. The van der Waals surface area contributed by atoms with Gasteiger partial charge in [0.25, 0.3) is 0 Å². The number of rotatable bonds is 4. The van der Waals surface area contributed by atoms with Crippen molar-refractivity contribution in [3.63, 3.8) is 0 Å². The Bertz CT molecular complexity index is 388. The summed E-state index contributed by atoms with van der Waals surface area (Å²) in [4.78, 5) is 11.1. The van der Waals surface area contributed by atoms with E-state index in [9.17, 15) is 13.2 Å². The van der Waals surface area contributed by atoms with Crippen LogP contribution in [-0.2, 0) is 19.4 Å². The molecule has 0 aliphatic heterocycles. The number of sulfone groups is 1. The van der Waals surface area contributed by atoms with Crippen LogP contribution in [0.5, 0.6) is 0 Å². The van der Waals surface area contributed by atoms with Crippen LogP contribution in [0, 0.1) is 5.41 Å². The summed E-state index contributed by atoms with van der Waals surface area (Å²) in [5.74, 6) is -1.22. The molecule has 2 atom stereocenters. The number of carbonyl (C=O) groups is 1. The van der Waals surface area contributed by atoms with Crippen LogP contribution in [0.4, 0.5) is 0 Å². The second-order valence-electron chi connectivity index (χ2n) is 5.22. The molecule has 1 rings (SSSR count). The Morgan fingerprint density at radius 1 is 1.47 bits per heavy atom. The highest BCUT2D eigenvalue weighted by atomic mass is 32.2. The number of nitrogens with one attached hydrogen (secondary N) is 1. The normalized spacial score (nSPS) is 28.0. The van der Waals surface area contributed by atoms with Crippen LogP contribution < -0.4 is 5.32 Å². The van der Waals surface area contributed by atoms with Gasteiger partial charge in [0.05, 0.1) is 12.4 Å². The number of ether oxygens (including phenoxy) is 1. The zero-order chi connectivity index (χ0) is 13.3. The quantitative estimate of drug-likeness (QED) is 0.741. The van der Waals surface area contributed by atoms with E-state index in [1.54, 1.807) is 7.05 Å². The summed E-state index contributed by atoms with van der Waals surface area (Å²) in [6.07, 6.45) is 1.43. The molecule has 0 aromatic heterocycles. The fourth-order valence-electron chi connectivity index (χ4n) is 2.63. The Balaban J connectivity index is 2.90. The van der Waals surface area contributed by atoms with Crippen molar-refractivity contribution in [1.82, 2.24) is 5.32 Å². The van der Waals surface area contributed by atoms with E-state index in [4.69, 9.17) is 0 Å². The Labute approximate surface area is 103 Å². The first-order chi connectivity index (χ1) is 7.74. The fraction of sp³-hybridized carbons (Fsp3) is 0.909. The summed E-state index contributed by atoms with van der Waals surface area (Å²) in [5, 5.41) is 2.57. The highest BCUT2D eigenvalue weighted by Crippen LogP contribution is 2.40. The minimum Gasteiger partial charge on any atom is -0.468 e. The molecular formula is C11H21NO4S. The van der Waals surface area contributed by atoms with Crippen LogP contribution >= 0.6 is 0 Å². The second kappa shape index (κ2) is 4.94. The Hall–Kier alpha value is -0.620. The maximum atomic E-state index is 12.1. The third-order valence-electron chi connectivity index (χ3n) is 3.61. The van der Waals surface area contributed by atoms with Crippen molar-refractivity contribution in [3.8, 4) is 0 Å². The summed E-state index contributed by atoms with van der Waals surface area (Å²) >= 11 is 0. The Kier molecular flexibility index (Phi) is 4.19. The lowest BCUT2D eigenvalue weighted by molar-refractivity contribution is -0.137. The first kappa shape index (κ1) is 14.4. The largest absolute Gasteiger partial charge is 0.468 e. The predicted octanol–water partition coefficient (Wildman–Crippen LogP) is 0.351. The van der Waals surface area contributed by atoms with Gasteiger partial charge in [0.2, 0.25) is 0 Å². The average molecular weight is 263 g/mol. The molecule has 0 spiro atoms. The van der Waals surface area contributed by atoms with E-state index in [0.717, 1.165) is 6.42 Å². The maximum Gasteiger partial charge on any atom is 0.320 e. The van der Waals surface area contributed by atoms with Gasteiger partial charge in [-0.25, -0.2) is 8.42 Å². The van der Waals surface area contributed by atoms with Crippen LogP contribution in [0.1, 0.15) is 26.7 Å². The molecular weight excluding hydrogens is 242 g/mol. The van der Waals surface area contributed by atoms with Gasteiger partial charge in [-0.1, -0.05) is 13.8 Å². The molecule has 2 unspecified atom stereocenters. The van der Waals surface area contributed by atoms with Crippen molar-refractivity contribution in [2.45, 2.75) is 38.0 Å². The summed E-state index contributed by atoms with van der Waals surface area (Å²) in [6, 6.07) is -0.114. The molecule has 0 bridgehead atoms. The van der Waals surface area contributed by atoms with Crippen molar-refractivity contribution in [2.75, 3.05) is 19.9 Å². The molecule has 0 aromatic carbocycles. The van der Waals surface area contributed by atoms with Gasteiger partial charge in [-0.3, -0.25) is 4.79 Å². The number of methoxy groups -OCH3 is 1. The van der Waals surface area contributed by atoms with Crippen LogP contribution in [0.25, 0.3) is 0 Å². The fourth-order valence-corrected chi connectivity index (χ4v) is 4.69. The van der Waals surface area contributed by atoms with Crippen LogP contribution in [0.15, 0.2) is 0 Å².